The highest BCUT2D eigenvalue weighted by Gasteiger charge is 2.20. The first kappa shape index (κ1) is 21.3. The van der Waals surface area contributed by atoms with Gasteiger partial charge in [0.25, 0.3) is 5.91 Å². The summed E-state index contributed by atoms with van der Waals surface area (Å²) < 4.78 is 5.36. The molecule has 0 aliphatic carbocycles. The number of benzene rings is 2. The number of carbonyl (C=O) groups is 2. The summed E-state index contributed by atoms with van der Waals surface area (Å²) in [6.45, 7) is 5.43. The van der Waals surface area contributed by atoms with Crippen LogP contribution < -0.4 is 5.32 Å². The fourth-order valence-electron chi connectivity index (χ4n) is 3.00. The maximum absolute atomic E-state index is 12.5. The van der Waals surface area contributed by atoms with Crippen LogP contribution in [0.2, 0.25) is 5.02 Å². The minimum atomic E-state index is -1.00. The third-order valence-electron chi connectivity index (χ3n) is 4.44. The van der Waals surface area contributed by atoms with Crippen LogP contribution >= 0.6 is 11.6 Å². The number of carbonyl (C=O) groups excluding carboxylic acids is 1. The largest absolute Gasteiger partial charge is 0.481 e. The van der Waals surface area contributed by atoms with Crippen LogP contribution in [0.15, 0.2) is 65.7 Å². The Bertz CT molecular complexity index is 1070. The van der Waals surface area contributed by atoms with Gasteiger partial charge in [0.15, 0.2) is 0 Å². The number of allylic oxidation sites excluding steroid dienone is 1. The van der Waals surface area contributed by atoms with Crippen molar-refractivity contribution in [2.24, 2.45) is 0 Å². The molecule has 0 aliphatic rings. The lowest BCUT2D eigenvalue weighted by Crippen LogP contribution is -2.38. The number of hydrogen-bond donors (Lipinski definition) is 2. The van der Waals surface area contributed by atoms with E-state index in [2.05, 4.69) is 16.9 Å². The van der Waals surface area contributed by atoms with Crippen LogP contribution in [0.25, 0.3) is 16.7 Å². The second kappa shape index (κ2) is 9.41. The van der Waals surface area contributed by atoms with Gasteiger partial charge in [-0.05, 0) is 42.2 Å². The molecule has 2 N–H and O–H groups in total. The number of hydrogen-bond acceptors (Lipinski definition) is 4. The summed E-state index contributed by atoms with van der Waals surface area (Å²) in [5.74, 6) is -1.24. The fourth-order valence-corrected chi connectivity index (χ4v) is 3.19. The molecular formula is C23H21ClN2O4. The number of carboxylic acids is 1. The molecule has 2 aromatic carbocycles. The summed E-state index contributed by atoms with van der Waals surface area (Å²) in [6, 6.07) is 14.6. The first-order valence-electron chi connectivity index (χ1n) is 9.31. The highest BCUT2D eigenvalue weighted by Crippen LogP contribution is 2.23. The molecule has 6 nitrogen and oxygen atoms in total. The number of rotatable bonds is 8. The van der Waals surface area contributed by atoms with Crippen molar-refractivity contribution in [1.82, 2.24) is 10.3 Å². The molecular weight excluding hydrogens is 404 g/mol. The molecule has 0 spiro atoms. The van der Waals surface area contributed by atoms with Gasteiger partial charge in [0, 0.05) is 16.6 Å². The maximum Gasteiger partial charge on any atom is 0.305 e. The molecule has 1 amide bonds. The van der Waals surface area contributed by atoms with Gasteiger partial charge in [-0.3, -0.25) is 9.59 Å². The van der Waals surface area contributed by atoms with Crippen LogP contribution in [-0.2, 0) is 11.2 Å². The van der Waals surface area contributed by atoms with Gasteiger partial charge in [-0.15, -0.1) is 0 Å². The third-order valence-corrected chi connectivity index (χ3v) is 4.68. The third kappa shape index (κ3) is 5.58. The molecule has 1 atom stereocenters. The van der Waals surface area contributed by atoms with E-state index < -0.39 is 17.9 Å². The molecule has 1 unspecified atom stereocenters. The monoisotopic (exact) mass is 424 g/mol. The lowest BCUT2D eigenvalue weighted by molar-refractivity contribution is -0.137. The molecule has 3 aromatic rings. The maximum atomic E-state index is 12.5. The van der Waals surface area contributed by atoms with Crippen molar-refractivity contribution in [3.63, 3.8) is 0 Å². The van der Waals surface area contributed by atoms with Gasteiger partial charge in [0.1, 0.15) is 0 Å². The van der Waals surface area contributed by atoms with Gasteiger partial charge >= 0.3 is 5.97 Å². The van der Waals surface area contributed by atoms with Crippen molar-refractivity contribution in [3.8, 4) is 11.1 Å². The minimum Gasteiger partial charge on any atom is -0.481 e. The van der Waals surface area contributed by atoms with E-state index in [9.17, 15) is 14.7 Å². The van der Waals surface area contributed by atoms with Gasteiger partial charge in [0.05, 0.1) is 12.6 Å². The highest BCUT2D eigenvalue weighted by atomic mass is 35.5. The van der Waals surface area contributed by atoms with Crippen molar-refractivity contribution in [2.75, 3.05) is 0 Å². The van der Waals surface area contributed by atoms with Crippen molar-refractivity contribution in [2.45, 2.75) is 25.8 Å². The minimum absolute atomic E-state index is 0.0136. The standard InChI is InChI=1S/C23H21ClN2O4/c1-14(2)23-25-13-20(30-23)22(29)26-19(12-21(27)28)10-15-6-8-16(9-7-15)17-4-3-5-18(24)11-17/h3-9,11,13,19H,1,10,12H2,2H3,(H,26,29)(H,27,28). The van der Waals surface area contributed by atoms with E-state index in [1.165, 1.54) is 6.20 Å². The average molecular weight is 425 g/mol. The SMILES string of the molecule is C=C(C)c1ncc(C(=O)NC(CC(=O)O)Cc2ccc(-c3cccc(Cl)c3)cc2)o1. The van der Waals surface area contributed by atoms with Crippen molar-refractivity contribution in [1.29, 1.82) is 0 Å². The number of aromatic nitrogens is 1. The van der Waals surface area contributed by atoms with E-state index in [1.807, 2.05) is 48.5 Å². The summed E-state index contributed by atoms with van der Waals surface area (Å²) in [6.07, 6.45) is 1.44. The molecule has 0 saturated heterocycles. The average Bonchev–Trinajstić information content (AvgIpc) is 3.19. The number of nitrogens with zero attached hydrogens (tertiary/aromatic N) is 1. The van der Waals surface area contributed by atoms with Gasteiger partial charge < -0.3 is 14.8 Å². The zero-order valence-electron chi connectivity index (χ0n) is 16.4. The Morgan fingerprint density at radius 3 is 2.53 bits per heavy atom. The van der Waals surface area contributed by atoms with Crippen molar-refractivity contribution < 1.29 is 19.1 Å². The molecule has 1 aromatic heterocycles. The topological polar surface area (TPSA) is 92.4 Å². The van der Waals surface area contributed by atoms with Crippen LogP contribution in [0.4, 0.5) is 0 Å². The Hall–Kier alpha value is -3.38. The summed E-state index contributed by atoms with van der Waals surface area (Å²) in [7, 11) is 0. The lowest BCUT2D eigenvalue weighted by Gasteiger charge is -2.16. The van der Waals surface area contributed by atoms with Gasteiger partial charge in [-0.2, -0.15) is 0 Å². The Balaban J connectivity index is 1.71. The van der Waals surface area contributed by atoms with E-state index in [1.54, 1.807) is 6.92 Å². The predicted molar refractivity (Wildman–Crippen MR) is 115 cm³/mol. The van der Waals surface area contributed by atoms with Crippen LogP contribution in [-0.4, -0.2) is 28.0 Å². The van der Waals surface area contributed by atoms with E-state index in [-0.39, 0.29) is 18.1 Å². The number of oxazole rings is 1. The number of halogens is 1. The van der Waals surface area contributed by atoms with Crippen molar-refractivity contribution in [3.05, 3.63) is 83.5 Å². The molecule has 154 valence electrons. The number of nitrogens with one attached hydrogen (secondary N) is 1. The summed E-state index contributed by atoms with van der Waals surface area (Å²) in [5.41, 5.74) is 3.47. The molecule has 0 bridgehead atoms. The van der Waals surface area contributed by atoms with E-state index in [4.69, 9.17) is 16.0 Å². The highest BCUT2D eigenvalue weighted by molar-refractivity contribution is 6.30. The van der Waals surface area contributed by atoms with Crippen LogP contribution in [0.5, 0.6) is 0 Å². The molecule has 0 fully saturated rings. The van der Waals surface area contributed by atoms with E-state index in [0.29, 0.717) is 17.0 Å². The summed E-state index contributed by atoms with van der Waals surface area (Å²) in [4.78, 5) is 27.7. The molecule has 1 heterocycles. The Labute approximate surface area is 179 Å². The molecule has 30 heavy (non-hydrogen) atoms. The van der Waals surface area contributed by atoms with Crippen LogP contribution in [0, 0.1) is 0 Å². The van der Waals surface area contributed by atoms with Crippen LogP contribution in [0.3, 0.4) is 0 Å². The normalized spacial score (nSPS) is 11.7. The smallest absolute Gasteiger partial charge is 0.305 e. The zero-order valence-corrected chi connectivity index (χ0v) is 17.1. The molecule has 0 aliphatic heterocycles. The first-order valence-corrected chi connectivity index (χ1v) is 9.69. The summed E-state index contributed by atoms with van der Waals surface area (Å²) >= 11 is 6.05. The second-order valence-electron chi connectivity index (χ2n) is 6.99. The van der Waals surface area contributed by atoms with Gasteiger partial charge in [-0.1, -0.05) is 54.6 Å². The quantitative estimate of drug-likeness (QED) is 0.539. The Morgan fingerprint density at radius 2 is 1.93 bits per heavy atom. The summed E-state index contributed by atoms with van der Waals surface area (Å²) in [5, 5.41) is 12.6. The Kier molecular flexibility index (Phi) is 6.69. The second-order valence-corrected chi connectivity index (χ2v) is 7.43. The van der Waals surface area contributed by atoms with Crippen LogP contribution in [0.1, 0.15) is 35.4 Å². The number of carboxylic acid groups (broad SMARTS) is 1. The number of amides is 1. The molecule has 7 heteroatoms. The molecule has 0 radical (unpaired) electrons. The Morgan fingerprint density at radius 1 is 1.20 bits per heavy atom. The zero-order chi connectivity index (χ0) is 21.7. The molecule has 3 rings (SSSR count). The molecule has 0 saturated carbocycles. The first-order chi connectivity index (χ1) is 14.3. The van der Waals surface area contributed by atoms with Gasteiger partial charge in [-0.25, -0.2) is 4.98 Å². The lowest BCUT2D eigenvalue weighted by atomic mass is 9.99. The van der Waals surface area contributed by atoms with Gasteiger partial charge in [0.2, 0.25) is 11.7 Å². The fraction of sp³-hybridized carbons (Fsp3) is 0.174. The number of aliphatic carboxylic acids is 1. The van der Waals surface area contributed by atoms with E-state index >= 15 is 0 Å². The van der Waals surface area contributed by atoms with Crippen molar-refractivity contribution >= 4 is 29.1 Å². The predicted octanol–water partition coefficient (Wildman–Crippen LogP) is 4.84. The van der Waals surface area contributed by atoms with E-state index in [0.717, 1.165) is 16.7 Å².